The normalized spacial score (nSPS) is 9.71. The molecule has 0 bridgehead atoms. The van der Waals surface area contributed by atoms with Gasteiger partial charge in [0.1, 0.15) is 5.69 Å². The molecule has 0 atom stereocenters. The summed E-state index contributed by atoms with van der Waals surface area (Å²) in [7, 11) is 1.69. The van der Waals surface area contributed by atoms with Gasteiger partial charge < -0.3 is 10.0 Å². The summed E-state index contributed by atoms with van der Waals surface area (Å²) < 4.78 is 0. The second-order valence-electron chi connectivity index (χ2n) is 3.57. The summed E-state index contributed by atoms with van der Waals surface area (Å²) in [6.07, 6.45) is 0.518. The van der Waals surface area contributed by atoms with Crippen LogP contribution >= 0.6 is 0 Å². The molecule has 0 fully saturated rings. The predicted molar refractivity (Wildman–Crippen MR) is 62.8 cm³/mol. The zero-order valence-corrected chi connectivity index (χ0v) is 9.46. The van der Waals surface area contributed by atoms with Crippen molar-refractivity contribution in [3.05, 3.63) is 33.9 Å². The van der Waals surface area contributed by atoms with Gasteiger partial charge in [-0.15, -0.1) is 0 Å². The van der Waals surface area contributed by atoms with Crippen LogP contribution < -0.4 is 4.90 Å². The third-order valence-corrected chi connectivity index (χ3v) is 2.36. The molecule has 0 aliphatic rings. The van der Waals surface area contributed by atoms with E-state index in [4.69, 9.17) is 10.4 Å². The van der Waals surface area contributed by atoms with Crippen LogP contribution in [0.4, 0.5) is 11.4 Å². The third-order valence-electron chi connectivity index (χ3n) is 2.36. The standard InChI is InChI=1S/C11H13N3O3/c1-13(5-2-6-15)11-7-9(8-12)3-4-10(11)14(16)17/h3-4,7,15H,2,5-6H2,1H3. The lowest BCUT2D eigenvalue weighted by Gasteiger charge is -2.18. The molecule has 0 aromatic heterocycles. The number of nitro benzene ring substituents is 1. The number of nitrogens with zero attached hydrogens (tertiary/aromatic N) is 3. The Hall–Kier alpha value is -2.13. The van der Waals surface area contributed by atoms with Gasteiger partial charge in [0.05, 0.1) is 16.6 Å². The highest BCUT2D eigenvalue weighted by atomic mass is 16.6. The molecule has 0 aliphatic carbocycles. The van der Waals surface area contributed by atoms with E-state index >= 15 is 0 Å². The minimum absolute atomic E-state index is 0.0239. The van der Waals surface area contributed by atoms with Crippen molar-refractivity contribution in [1.29, 1.82) is 5.26 Å². The molecule has 0 aliphatic heterocycles. The highest BCUT2D eigenvalue weighted by Gasteiger charge is 2.17. The van der Waals surface area contributed by atoms with Gasteiger partial charge in [0, 0.05) is 26.3 Å². The molecule has 0 amide bonds. The van der Waals surface area contributed by atoms with Crippen molar-refractivity contribution in [3.8, 4) is 6.07 Å². The quantitative estimate of drug-likeness (QED) is 0.613. The van der Waals surface area contributed by atoms with Gasteiger partial charge in [0.25, 0.3) is 5.69 Å². The van der Waals surface area contributed by atoms with Crippen molar-refractivity contribution >= 4 is 11.4 Å². The Labute approximate surface area is 98.9 Å². The fourth-order valence-electron chi connectivity index (χ4n) is 1.48. The lowest BCUT2D eigenvalue weighted by molar-refractivity contribution is -0.384. The van der Waals surface area contributed by atoms with Crippen molar-refractivity contribution < 1.29 is 10.0 Å². The van der Waals surface area contributed by atoms with E-state index < -0.39 is 4.92 Å². The molecule has 0 radical (unpaired) electrons. The van der Waals surface area contributed by atoms with Crippen LogP contribution in [-0.4, -0.2) is 30.2 Å². The average molecular weight is 235 g/mol. The van der Waals surface area contributed by atoms with Crippen molar-refractivity contribution in [2.24, 2.45) is 0 Å². The Bertz CT molecular complexity index is 454. The Morgan fingerprint density at radius 3 is 2.82 bits per heavy atom. The van der Waals surface area contributed by atoms with Gasteiger partial charge in [0.2, 0.25) is 0 Å². The highest BCUT2D eigenvalue weighted by molar-refractivity contribution is 5.65. The number of aliphatic hydroxyl groups is 1. The number of rotatable bonds is 5. The molecule has 0 spiro atoms. The molecule has 0 saturated heterocycles. The van der Waals surface area contributed by atoms with E-state index in [1.54, 1.807) is 11.9 Å². The molecule has 6 heteroatoms. The molecule has 1 rings (SSSR count). The van der Waals surface area contributed by atoms with Crippen LogP contribution in [0.2, 0.25) is 0 Å². The number of hydrogen-bond donors (Lipinski definition) is 1. The first-order valence-electron chi connectivity index (χ1n) is 5.10. The van der Waals surface area contributed by atoms with Crippen LogP contribution in [0.3, 0.4) is 0 Å². The van der Waals surface area contributed by atoms with Gasteiger partial charge in [-0.05, 0) is 18.6 Å². The maximum Gasteiger partial charge on any atom is 0.292 e. The van der Waals surface area contributed by atoms with E-state index in [9.17, 15) is 10.1 Å². The summed E-state index contributed by atoms with van der Waals surface area (Å²) in [5, 5.41) is 28.3. The zero-order chi connectivity index (χ0) is 12.8. The van der Waals surface area contributed by atoms with Crippen molar-refractivity contribution in [1.82, 2.24) is 0 Å². The smallest absolute Gasteiger partial charge is 0.292 e. The highest BCUT2D eigenvalue weighted by Crippen LogP contribution is 2.28. The first-order chi connectivity index (χ1) is 8.10. The molecule has 6 nitrogen and oxygen atoms in total. The SMILES string of the molecule is CN(CCCO)c1cc(C#N)ccc1[N+](=O)[O-]. The van der Waals surface area contributed by atoms with Crippen molar-refractivity contribution in [2.75, 3.05) is 25.1 Å². The number of nitro groups is 1. The molecule has 90 valence electrons. The Morgan fingerprint density at radius 1 is 1.59 bits per heavy atom. The van der Waals surface area contributed by atoms with E-state index in [0.717, 1.165) is 0 Å². The summed E-state index contributed by atoms with van der Waals surface area (Å²) in [5.74, 6) is 0. The van der Waals surface area contributed by atoms with Crippen LogP contribution in [-0.2, 0) is 0 Å². The second-order valence-corrected chi connectivity index (χ2v) is 3.57. The first kappa shape index (κ1) is 12.9. The largest absolute Gasteiger partial charge is 0.396 e. The third kappa shape index (κ3) is 3.16. The molecule has 0 saturated carbocycles. The molecule has 0 unspecified atom stereocenters. The van der Waals surface area contributed by atoms with Gasteiger partial charge in [-0.25, -0.2) is 0 Å². The Balaban J connectivity index is 3.09. The lowest BCUT2D eigenvalue weighted by atomic mass is 10.1. The number of nitriles is 1. The molecule has 1 N–H and O–H groups in total. The topological polar surface area (TPSA) is 90.4 Å². The molecular weight excluding hydrogens is 222 g/mol. The van der Waals surface area contributed by atoms with Gasteiger partial charge in [-0.2, -0.15) is 5.26 Å². The van der Waals surface area contributed by atoms with Crippen LogP contribution in [0, 0.1) is 21.4 Å². The first-order valence-corrected chi connectivity index (χ1v) is 5.10. The van der Waals surface area contributed by atoms with Crippen LogP contribution in [0.5, 0.6) is 0 Å². The number of hydrogen-bond acceptors (Lipinski definition) is 5. The lowest BCUT2D eigenvalue weighted by Crippen LogP contribution is -2.20. The van der Waals surface area contributed by atoms with Gasteiger partial charge in [-0.3, -0.25) is 10.1 Å². The van der Waals surface area contributed by atoms with Crippen LogP contribution in [0.25, 0.3) is 0 Å². The Kier molecular flexibility index (Phi) is 4.43. The zero-order valence-electron chi connectivity index (χ0n) is 9.46. The van der Waals surface area contributed by atoms with Crippen molar-refractivity contribution in [2.45, 2.75) is 6.42 Å². The van der Waals surface area contributed by atoms with E-state index in [-0.39, 0.29) is 12.3 Å². The van der Waals surface area contributed by atoms with Crippen LogP contribution in [0.15, 0.2) is 18.2 Å². The van der Waals surface area contributed by atoms with Gasteiger partial charge >= 0.3 is 0 Å². The van der Waals surface area contributed by atoms with Gasteiger partial charge in [0.15, 0.2) is 0 Å². The summed E-state index contributed by atoms with van der Waals surface area (Å²) >= 11 is 0. The number of benzene rings is 1. The van der Waals surface area contributed by atoms with E-state index in [1.807, 2.05) is 6.07 Å². The molecular formula is C11H13N3O3. The minimum atomic E-state index is -0.480. The maximum absolute atomic E-state index is 10.8. The summed E-state index contributed by atoms with van der Waals surface area (Å²) in [4.78, 5) is 12.0. The second kappa shape index (κ2) is 5.82. The monoisotopic (exact) mass is 235 g/mol. The van der Waals surface area contributed by atoms with E-state index in [1.165, 1.54) is 18.2 Å². The maximum atomic E-state index is 10.8. The minimum Gasteiger partial charge on any atom is -0.396 e. The number of anilines is 1. The predicted octanol–water partition coefficient (Wildman–Crippen LogP) is 1.29. The molecule has 17 heavy (non-hydrogen) atoms. The molecule has 1 aromatic carbocycles. The summed E-state index contributed by atoms with van der Waals surface area (Å²) in [5.41, 5.74) is 0.730. The summed E-state index contributed by atoms with van der Waals surface area (Å²) in [6.45, 7) is 0.516. The van der Waals surface area contributed by atoms with Crippen molar-refractivity contribution in [3.63, 3.8) is 0 Å². The molecule has 1 aromatic rings. The summed E-state index contributed by atoms with van der Waals surface area (Å²) in [6, 6.07) is 6.17. The fourth-order valence-corrected chi connectivity index (χ4v) is 1.48. The molecule has 0 heterocycles. The number of aliphatic hydroxyl groups excluding tert-OH is 1. The fraction of sp³-hybridized carbons (Fsp3) is 0.364. The van der Waals surface area contributed by atoms with E-state index in [2.05, 4.69) is 0 Å². The van der Waals surface area contributed by atoms with Crippen LogP contribution in [0.1, 0.15) is 12.0 Å². The Morgan fingerprint density at radius 2 is 2.29 bits per heavy atom. The van der Waals surface area contributed by atoms with Gasteiger partial charge in [-0.1, -0.05) is 0 Å². The average Bonchev–Trinajstić information content (AvgIpc) is 2.34. The van der Waals surface area contributed by atoms with E-state index in [0.29, 0.717) is 24.2 Å².